The summed E-state index contributed by atoms with van der Waals surface area (Å²) in [5.74, 6) is 0. The highest BCUT2D eigenvalue weighted by atomic mass is 19.4. The lowest BCUT2D eigenvalue weighted by atomic mass is 10.1. The molecule has 1 aromatic rings. The summed E-state index contributed by atoms with van der Waals surface area (Å²) in [6, 6.07) is 0.497. The van der Waals surface area contributed by atoms with Crippen LogP contribution < -0.4 is 4.90 Å². The van der Waals surface area contributed by atoms with Gasteiger partial charge < -0.3 is 4.90 Å². The van der Waals surface area contributed by atoms with Crippen molar-refractivity contribution in [2.24, 2.45) is 5.11 Å². The topological polar surface area (TPSA) is 138 Å². The largest absolute Gasteiger partial charge is 0.416 e. The Morgan fingerprint density at radius 1 is 1.25 bits per heavy atom. The van der Waals surface area contributed by atoms with Crippen molar-refractivity contribution < 1.29 is 23.0 Å². The minimum atomic E-state index is -4.98. The van der Waals surface area contributed by atoms with Crippen LogP contribution in [0.3, 0.4) is 0 Å². The third-order valence-electron chi connectivity index (χ3n) is 3.02. The van der Waals surface area contributed by atoms with Gasteiger partial charge in [0.1, 0.15) is 0 Å². The van der Waals surface area contributed by atoms with E-state index in [-0.39, 0.29) is 31.8 Å². The van der Waals surface area contributed by atoms with Gasteiger partial charge >= 0.3 is 6.18 Å². The van der Waals surface area contributed by atoms with Crippen molar-refractivity contribution in [2.75, 3.05) is 24.5 Å². The lowest BCUT2D eigenvalue weighted by molar-refractivity contribution is -0.393. The van der Waals surface area contributed by atoms with E-state index in [1.54, 1.807) is 0 Å². The van der Waals surface area contributed by atoms with Gasteiger partial charge in [0.05, 0.1) is 15.4 Å². The lowest BCUT2D eigenvalue weighted by Gasteiger charge is -2.22. The van der Waals surface area contributed by atoms with Crippen molar-refractivity contribution in [2.45, 2.75) is 13.1 Å². The van der Waals surface area contributed by atoms with Gasteiger partial charge in [-0.2, -0.15) is 13.2 Å². The molecule has 24 heavy (non-hydrogen) atoms. The van der Waals surface area contributed by atoms with Crippen LogP contribution >= 0.6 is 0 Å². The van der Waals surface area contributed by atoms with Crippen molar-refractivity contribution in [3.05, 3.63) is 48.4 Å². The molecule has 0 aromatic heterocycles. The number of hydrogen-bond acceptors (Lipinski definition) is 6. The molecule has 0 saturated heterocycles. The SMILES string of the molecule is CCN(CCN=[N+]=[N-])c1c([N+](=O)[O-])cc(C(F)(F)F)cc1[N+](=O)[O-]. The second-order valence-corrected chi connectivity index (χ2v) is 4.41. The Morgan fingerprint density at radius 3 is 2.08 bits per heavy atom. The maximum absolute atomic E-state index is 12.8. The standard InChI is InChI=1S/C11H11F3N6O4/c1-2-18(4-3-16-17-15)10-8(19(21)22)5-7(11(12,13)14)6-9(10)20(23)24/h5-6H,2-4H2,1H3. The van der Waals surface area contributed by atoms with Crippen molar-refractivity contribution in [1.29, 1.82) is 0 Å². The summed E-state index contributed by atoms with van der Waals surface area (Å²) < 4.78 is 38.5. The molecule has 0 spiro atoms. The molecule has 0 atom stereocenters. The van der Waals surface area contributed by atoms with Gasteiger partial charge in [0.15, 0.2) is 5.69 Å². The van der Waals surface area contributed by atoms with E-state index in [1.807, 2.05) is 0 Å². The predicted octanol–water partition coefficient (Wildman–Crippen LogP) is 3.66. The first-order valence-corrected chi connectivity index (χ1v) is 6.43. The molecular formula is C11H11F3N6O4. The molecule has 1 rings (SSSR count). The minimum Gasteiger partial charge on any atom is -0.360 e. The van der Waals surface area contributed by atoms with E-state index in [4.69, 9.17) is 5.53 Å². The number of halogens is 3. The molecule has 0 radical (unpaired) electrons. The number of rotatable bonds is 7. The molecule has 0 fully saturated rings. The van der Waals surface area contributed by atoms with Crippen LogP contribution in [0.4, 0.5) is 30.2 Å². The Morgan fingerprint density at radius 2 is 1.75 bits per heavy atom. The predicted molar refractivity (Wildman–Crippen MR) is 76.7 cm³/mol. The summed E-state index contributed by atoms with van der Waals surface area (Å²) in [6.45, 7) is 1.22. The second kappa shape index (κ2) is 7.46. The van der Waals surface area contributed by atoms with Gasteiger partial charge in [-0.15, -0.1) is 0 Å². The van der Waals surface area contributed by atoms with E-state index in [9.17, 15) is 33.4 Å². The average molecular weight is 348 g/mol. The molecule has 0 aliphatic heterocycles. The Balaban J connectivity index is 3.62. The van der Waals surface area contributed by atoms with E-state index >= 15 is 0 Å². The Hall–Kier alpha value is -3.08. The molecule has 0 N–H and O–H groups in total. The van der Waals surface area contributed by atoms with E-state index in [0.717, 1.165) is 4.90 Å². The van der Waals surface area contributed by atoms with Crippen LogP contribution in [-0.2, 0) is 6.18 Å². The third-order valence-corrected chi connectivity index (χ3v) is 3.02. The van der Waals surface area contributed by atoms with Gasteiger partial charge in [-0.25, -0.2) is 0 Å². The van der Waals surface area contributed by atoms with E-state index < -0.39 is 38.6 Å². The van der Waals surface area contributed by atoms with Gasteiger partial charge in [0, 0.05) is 36.7 Å². The summed E-state index contributed by atoms with van der Waals surface area (Å²) in [5, 5.41) is 25.5. The second-order valence-electron chi connectivity index (χ2n) is 4.41. The number of nitrogens with zero attached hydrogens (tertiary/aromatic N) is 6. The highest BCUT2D eigenvalue weighted by molar-refractivity contribution is 5.76. The molecule has 10 nitrogen and oxygen atoms in total. The highest BCUT2D eigenvalue weighted by Crippen LogP contribution is 2.42. The number of alkyl halides is 3. The summed E-state index contributed by atoms with van der Waals surface area (Å²) in [5.41, 5.74) is 4.10. The molecule has 0 heterocycles. The first-order chi connectivity index (χ1) is 11.1. The highest BCUT2D eigenvalue weighted by Gasteiger charge is 2.38. The van der Waals surface area contributed by atoms with Crippen molar-refractivity contribution in [3.63, 3.8) is 0 Å². The molecule has 0 unspecified atom stereocenters. The molecule has 1 aromatic carbocycles. The maximum atomic E-state index is 12.8. The quantitative estimate of drug-likeness (QED) is 0.243. The molecule has 0 aliphatic carbocycles. The zero-order valence-electron chi connectivity index (χ0n) is 12.2. The molecule has 0 aliphatic rings. The third kappa shape index (κ3) is 4.23. The van der Waals surface area contributed by atoms with Crippen molar-refractivity contribution >= 4 is 17.1 Å². The van der Waals surface area contributed by atoms with Crippen LogP contribution in [0.1, 0.15) is 12.5 Å². The van der Waals surface area contributed by atoms with Crippen LogP contribution in [-0.4, -0.2) is 29.5 Å². The Bertz CT molecular complexity index is 666. The van der Waals surface area contributed by atoms with Gasteiger partial charge in [-0.3, -0.25) is 20.2 Å². The molecule has 13 heteroatoms. The van der Waals surface area contributed by atoms with Crippen LogP contribution in [0.15, 0.2) is 17.2 Å². The Kier molecular flexibility index (Phi) is 5.89. The van der Waals surface area contributed by atoms with Crippen molar-refractivity contribution in [1.82, 2.24) is 0 Å². The minimum absolute atomic E-state index is 0.0218. The molecule has 130 valence electrons. The van der Waals surface area contributed by atoms with Gasteiger partial charge in [0.25, 0.3) is 11.4 Å². The lowest BCUT2D eigenvalue weighted by Crippen LogP contribution is -2.27. The van der Waals surface area contributed by atoms with E-state index in [0.29, 0.717) is 0 Å². The van der Waals surface area contributed by atoms with E-state index in [2.05, 4.69) is 10.0 Å². The van der Waals surface area contributed by atoms with Gasteiger partial charge in [-0.1, -0.05) is 5.11 Å². The monoisotopic (exact) mass is 348 g/mol. The first kappa shape index (κ1) is 19.0. The fourth-order valence-electron chi connectivity index (χ4n) is 2.01. The normalized spacial score (nSPS) is 10.8. The fraction of sp³-hybridized carbons (Fsp3) is 0.455. The first-order valence-electron chi connectivity index (χ1n) is 6.43. The molecule has 0 saturated carbocycles. The average Bonchev–Trinajstić information content (AvgIpc) is 2.49. The Labute approximate surface area is 132 Å². The number of likely N-dealkylation sites (N-methyl/N-ethyl adjacent to an activating group) is 1. The zero-order valence-corrected chi connectivity index (χ0v) is 12.2. The van der Waals surface area contributed by atoms with Crippen LogP contribution in [0, 0.1) is 20.2 Å². The fourth-order valence-corrected chi connectivity index (χ4v) is 2.01. The number of nitro groups is 2. The molecule has 0 bridgehead atoms. The number of benzene rings is 1. The molecule has 0 amide bonds. The molecular weight excluding hydrogens is 337 g/mol. The van der Waals surface area contributed by atoms with Crippen LogP contribution in [0.2, 0.25) is 0 Å². The summed E-state index contributed by atoms with van der Waals surface area (Å²) in [6.07, 6.45) is -4.98. The number of anilines is 1. The van der Waals surface area contributed by atoms with Gasteiger partial charge in [0.2, 0.25) is 0 Å². The number of nitro benzene ring substituents is 2. The number of hydrogen-bond donors (Lipinski definition) is 0. The summed E-state index contributed by atoms with van der Waals surface area (Å²) in [7, 11) is 0. The maximum Gasteiger partial charge on any atom is 0.416 e. The summed E-state index contributed by atoms with van der Waals surface area (Å²) >= 11 is 0. The van der Waals surface area contributed by atoms with Crippen LogP contribution in [0.25, 0.3) is 10.4 Å². The van der Waals surface area contributed by atoms with E-state index in [1.165, 1.54) is 6.92 Å². The van der Waals surface area contributed by atoms with Crippen molar-refractivity contribution in [3.8, 4) is 0 Å². The number of azide groups is 1. The summed E-state index contributed by atoms with van der Waals surface area (Å²) in [4.78, 5) is 23.6. The van der Waals surface area contributed by atoms with Gasteiger partial charge in [-0.05, 0) is 12.5 Å². The smallest absolute Gasteiger partial charge is 0.360 e. The zero-order chi connectivity index (χ0) is 18.5. The van der Waals surface area contributed by atoms with Crippen LogP contribution in [0.5, 0.6) is 0 Å².